The monoisotopic (exact) mass is 206 g/mol. The van der Waals surface area contributed by atoms with Crippen molar-refractivity contribution in [2.45, 2.75) is 6.42 Å². The molecule has 0 aliphatic carbocycles. The van der Waals surface area contributed by atoms with Gasteiger partial charge in [0.2, 0.25) is 5.91 Å². The minimum absolute atomic E-state index is 0.196. The molecular formula is C10H10N2O3. The first-order chi connectivity index (χ1) is 7.09. The highest BCUT2D eigenvalue weighted by Gasteiger charge is 2.32. The summed E-state index contributed by atoms with van der Waals surface area (Å²) in [6.07, 6.45) is 0.196. The van der Waals surface area contributed by atoms with Gasteiger partial charge in [0, 0.05) is 0 Å². The number of nitrogens with one attached hydrogen (secondary N) is 1. The normalized spacial score (nSPS) is 19.2. The summed E-state index contributed by atoms with van der Waals surface area (Å²) in [4.78, 5) is 22.2. The highest BCUT2D eigenvalue weighted by Crippen LogP contribution is 2.30. The standard InChI is InChI=1S/C10H10N2O3/c11-7-3-1-2-5-4-6(10(14)15)9(13)12-8(5)7/h1-3,6H,4,11H2,(H,12,13)(H,14,15). The van der Waals surface area contributed by atoms with Crippen molar-refractivity contribution in [3.05, 3.63) is 23.8 Å². The molecule has 1 heterocycles. The van der Waals surface area contributed by atoms with Crippen molar-refractivity contribution in [1.82, 2.24) is 0 Å². The van der Waals surface area contributed by atoms with Gasteiger partial charge in [0.15, 0.2) is 0 Å². The quantitative estimate of drug-likeness (QED) is 0.460. The number of nitrogen functional groups attached to an aromatic ring is 1. The number of hydrogen-bond acceptors (Lipinski definition) is 3. The Kier molecular flexibility index (Phi) is 2.07. The number of carbonyl (C=O) groups excluding carboxylic acids is 1. The molecule has 0 bridgehead atoms. The number of fused-ring (bicyclic) bond motifs is 1. The summed E-state index contributed by atoms with van der Waals surface area (Å²) >= 11 is 0. The second kappa shape index (κ2) is 3.27. The molecule has 4 N–H and O–H groups in total. The number of para-hydroxylation sites is 1. The number of carboxylic acids is 1. The third-order valence-corrected chi connectivity index (χ3v) is 2.47. The Labute approximate surface area is 85.9 Å². The maximum Gasteiger partial charge on any atom is 0.316 e. The number of benzene rings is 1. The van der Waals surface area contributed by atoms with E-state index in [9.17, 15) is 9.59 Å². The summed E-state index contributed by atoms with van der Waals surface area (Å²) in [5, 5.41) is 11.3. The first-order valence-electron chi connectivity index (χ1n) is 4.50. The summed E-state index contributed by atoms with van der Waals surface area (Å²) < 4.78 is 0. The van der Waals surface area contributed by atoms with Crippen LogP contribution in [-0.4, -0.2) is 17.0 Å². The second-order valence-corrected chi connectivity index (χ2v) is 3.47. The lowest BCUT2D eigenvalue weighted by Gasteiger charge is -2.22. The largest absolute Gasteiger partial charge is 0.481 e. The van der Waals surface area contributed by atoms with Crippen molar-refractivity contribution in [2.75, 3.05) is 11.1 Å². The summed E-state index contributed by atoms with van der Waals surface area (Å²) in [7, 11) is 0. The minimum Gasteiger partial charge on any atom is -0.481 e. The van der Waals surface area contributed by atoms with Crippen LogP contribution < -0.4 is 11.1 Å². The lowest BCUT2D eigenvalue weighted by Crippen LogP contribution is -2.35. The summed E-state index contributed by atoms with van der Waals surface area (Å²) in [6.45, 7) is 0. The molecule has 0 aromatic heterocycles. The van der Waals surface area contributed by atoms with Crippen molar-refractivity contribution in [3.63, 3.8) is 0 Å². The lowest BCUT2D eigenvalue weighted by molar-refractivity contribution is -0.145. The number of amides is 1. The van der Waals surface area contributed by atoms with Gasteiger partial charge in [-0.2, -0.15) is 0 Å². The third kappa shape index (κ3) is 1.52. The first kappa shape index (κ1) is 9.51. The molecular weight excluding hydrogens is 196 g/mol. The fraction of sp³-hybridized carbons (Fsp3) is 0.200. The number of carbonyl (C=O) groups is 2. The number of anilines is 2. The third-order valence-electron chi connectivity index (χ3n) is 2.47. The summed E-state index contributed by atoms with van der Waals surface area (Å²) in [5.74, 6) is -2.63. The number of aliphatic carboxylic acids is 1. The smallest absolute Gasteiger partial charge is 0.316 e. The van der Waals surface area contributed by atoms with Crippen molar-refractivity contribution in [1.29, 1.82) is 0 Å². The molecule has 0 saturated heterocycles. The molecule has 1 amide bonds. The zero-order chi connectivity index (χ0) is 11.0. The SMILES string of the molecule is Nc1cccc2c1NC(=O)C(C(=O)O)C2. The summed E-state index contributed by atoms with van der Waals surface area (Å²) in [5.41, 5.74) is 7.43. The molecule has 5 nitrogen and oxygen atoms in total. The highest BCUT2D eigenvalue weighted by molar-refractivity contribution is 6.08. The zero-order valence-corrected chi connectivity index (χ0v) is 7.86. The van der Waals surface area contributed by atoms with Crippen LogP contribution in [0, 0.1) is 5.92 Å². The van der Waals surface area contributed by atoms with Crippen LogP contribution in [0.2, 0.25) is 0 Å². The van der Waals surface area contributed by atoms with E-state index in [0.29, 0.717) is 11.4 Å². The van der Waals surface area contributed by atoms with Gasteiger partial charge in [-0.05, 0) is 18.1 Å². The van der Waals surface area contributed by atoms with Crippen molar-refractivity contribution in [2.24, 2.45) is 5.92 Å². The van der Waals surface area contributed by atoms with Gasteiger partial charge in [0.1, 0.15) is 5.92 Å². The van der Waals surface area contributed by atoms with Gasteiger partial charge in [-0.25, -0.2) is 0 Å². The van der Waals surface area contributed by atoms with E-state index in [4.69, 9.17) is 10.8 Å². The van der Waals surface area contributed by atoms with Gasteiger partial charge in [-0.15, -0.1) is 0 Å². The highest BCUT2D eigenvalue weighted by atomic mass is 16.4. The second-order valence-electron chi connectivity index (χ2n) is 3.47. The van der Waals surface area contributed by atoms with Crippen molar-refractivity contribution >= 4 is 23.3 Å². The molecule has 1 aromatic carbocycles. The predicted octanol–water partition coefficient (Wildman–Crippen LogP) is 0.464. The molecule has 0 radical (unpaired) electrons. The lowest BCUT2D eigenvalue weighted by atomic mass is 9.93. The average Bonchev–Trinajstić information content (AvgIpc) is 2.18. The van der Waals surface area contributed by atoms with E-state index in [1.807, 2.05) is 0 Å². The molecule has 78 valence electrons. The number of rotatable bonds is 1. The Balaban J connectivity index is 2.42. The molecule has 1 aliphatic rings. The van der Waals surface area contributed by atoms with Gasteiger partial charge in [0.05, 0.1) is 11.4 Å². The van der Waals surface area contributed by atoms with Crippen LogP contribution in [0.25, 0.3) is 0 Å². The van der Waals surface area contributed by atoms with E-state index < -0.39 is 17.8 Å². The maximum atomic E-state index is 11.4. The minimum atomic E-state index is -1.11. The van der Waals surface area contributed by atoms with E-state index >= 15 is 0 Å². The number of carboxylic acid groups (broad SMARTS) is 1. The maximum absolute atomic E-state index is 11.4. The first-order valence-corrected chi connectivity index (χ1v) is 4.50. The van der Waals surface area contributed by atoms with E-state index in [1.54, 1.807) is 18.2 Å². The Hall–Kier alpha value is -2.04. The van der Waals surface area contributed by atoms with Crippen LogP contribution in [0.4, 0.5) is 11.4 Å². The number of nitrogens with two attached hydrogens (primary N) is 1. The molecule has 0 spiro atoms. The molecule has 1 unspecified atom stereocenters. The fourth-order valence-electron chi connectivity index (χ4n) is 1.66. The molecule has 1 atom stereocenters. The van der Waals surface area contributed by atoms with Crippen molar-refractivity contribution in [3.8, 4) is 0 Å². The Morgan fingerprint density at radius 3 is 2.93 bits per heavy atom. The molecule has 5 heteroatoms. The molecule has 2 rings (SSSR count). The molecule has 1 aromatic rings. The Morgan fingerprint density at radius 2 is 2.27 bits per heavy atom. The molecule has 0 saturated carbocycles. The van der Waals surface area contributed by atoms with Crippen molar-refractivity contribution < 1.29 is 14.7 Å². The van der Waals surface area contributed by atoms with Gasteiger partial charge < -0.3 is 16.2 Å². The zero-order valence-electron chi connectivity index (χ0n) is 7.86. The molecule has 0 fully saturated rings. The Bertz CT molecular complexity index is 442. The van der Waals surface area contributed by atoms with Gasteiger partial charge in [-0.1, -0.05) is 12.1 Å². The van der Waals surface area contributed by atoms with Crippen LogP contribution in [-0.2, 0) is 16.0 Å². The van der Waals surface area contributed by atoms with Crippen LogP contribution in [0.5, 0.6) is 0 Å². The van der Waals surface area contributed by atoms with E-state index in [2.05, 4.69) is 5.32 Å². The van der Waals surface area contributed by atoms with Crippen LogP contribution >= 0.6 is 0 Å². The van der Waals surface area contributed by atoms with E-state index in [-0.39, 0.29) is 6.42 Å². The number of hydrogen-bond donors (Lipinski definition) is 3. The van der Waals surface area contributed by atoms with Crippen LogP contribution in [0.3, 0.4) is 0 Å². The fourth-order valence-corrected chi connectivity index (χ4v) is 1.66. The van der Waals surface area contributed by atoms with Gasteiger partial charge in [0.25, 0.3) is 0 Å². The molecule has 1 aliphatic heterocycles. The van der Waals surface area contributed by atoms with E-state index in [0.717, 1.165) is 5.56 Å². The van der Waals surface area contributed by atoms with E-state index in [1.165, 1.54) is 0 Å². The van der Waals surface area contributed by atoms with Crippen LogP contribution in [0.1, 0.15) is 5.56 Å². The average molecular weight is 206 g/mol. The Morgan fingerprint density at radius 1 is 1.53 bits per heavy atom. The topological polar surface area (TPSA) is 92.4 Å². The predicted molar refractivity (Wildman–Crippen MR) is 54.3 cm³/mol. The van der Waals surface area contributed by atoms with Crippen LogP contribution in [0.15, 0.2) is 18.2 Å². The molecule has 15 heavy (non-hydrogen) atoms. The van der Waals surface area contributed by atoms with Gasteiger partial charge >= 0.3 is 5.97 Å². The summed E-state index contributed by atoms with van der Waals surface area (Å²) in [6, 6.07) is 5.17. The van der Waals surface area contributed by atoms with Gasteiger partial charge in [-0.3, -0.25) is 9.59 Å².